The molecule has 2 rings (SSSR count). The second-order valence-corrected chi connectivity index (χ2v) is 5.91. The average molecular weight is 261 g/mol. The summed E-state index contributed by atoms with van der Waals surface area (Å²) >= 11 is 0. The predicted octanol–water partition coefficient (Wildman–Crippen LogP) is 3.91. The highest BCUT2D eigenvalue weighted by Gasteiger charge is 2.26. The van der Waals surface area contributed by atoms with Crippen LogP contribution in [0.2, 0.25) is 0 Å². The van der Waals surface area contributed by atoms with Crippen molar-refractivity contribution in [2.45, 2.75) is 64.6 Å². The van der Waals surface area contributed by atoms with Crippen LogP contribution in [0.5, 0.6) is 0 Å². The minimum atomic E-state index is 0.377. The zero-order valence-electron chi connectivity index (χ0n) is 12.7. The molecule has 1 aliphatic rings. The Hall–Kier alpha value is -0.860. The summed E-state index contributed by atoms with van der Waals surface area (Å²) in [4.78, 5) is 0. The molecule has 1 fully saturated rings. The maximum absolute atomic E-state index is 5.63. The Morgan fingerprint density at radius 3 is 2.63 bits per heavy atom. The van der Waals surface area contributed by atoms with Crippen molar-refractivity contribution in [1.82, 2.24) is 5.32 Å². The van der Waals surface area contributed by atoms with Gasteiger partial charge in [0.2, 0.25) is 0 Å². The van der Waals surface area contributed by atoms with Crippen LogP contribution in [0, 0.1) is 13.8 Å². The maximum atomic E-state index is 5.63. The lowest BCUT2D eigenvalue weighted by molar-refractivity contribution is 0.0383. The smallest absolute Gasteiger partial charge is 0.0724 e. The predicted molar refractivity (Wildman–Crippen MR) is 80.5 cm³/mol. The van der Waals surface area contributed by atoms with Gasteiger partial charge >= 0.3 is 0 Å². The zero-order valence-corrected chi connectivity index (χ0v) is 12.7. The summed E-state index contributed by atoms with van der Waals surface area (Å²) in [7, 11) is 1.84. The summed E-state index contributed by atoms with van der Waals surface area (Å²) in [6.07, 6.45) is 5.41. The first kappa shape index (κ1) is 14.5. The molecule has 3 atom stereocenters. The Balaban J connectivity index is 2.05. The Morgan fingerprint density at radius 1 is 1.21 bits per heavy atom. The van der Waals surface area contributed by atoms with E-state index in [0.29, 0.717) is 18.2 Å². The van der Waals surface area contributed by atoms with E-state index in [0.717, 1.165) is 0 Å². The van der Waals surface area contributed by atoms with Crippen molar-refractivity contribution in [2.75, 3.05) is 7.11 Å². The first-order valence-electron chi connectivity index (χ1n) is 7.48. The molecule has 1 saturated carbocycles. The van der Waals surface area contributed by atoms with Gasteiger partial charge < -0.3 is 10.1 Å². The SMILES string of the molecule is COC1CCCCC1NC(C)c1ccc(C)cc1C. The third-order valence-electron chi connectivity index (χ3n) is 4.36. The van der Waals surface area contributed by atoms with Crippen molar-refractivity contribution in [3.8, 4) is 0 Å². The van der Waals surface area contributed by atoms with Gasteiger partial charge in [0.05, 0.1) is 6.10 Å². The van der Waals surface area contributed by atoms with Crippen molar-refractivity contribution in [3.63, 3.8) is 0 Å². The standard InChI is InChI=1S/C17H27NO/c1-12-9-10-15(13(2)11-12)14(3)18-16-7-5-6-8-17(16)19-4/h9-11,14,16-18H,5-8H2,1-4H3. The summed E-state index contributed by atoms with van der Waals surface area (Å²) < 4.78 is 5.63. The maximum Gasteiger partial charge on any atom is 0.0724 e. The Kier molecular flexibility index (Phi) is 5.00. The van der Waals surface area contributed by atoms with Crippen molar-refractivity contribution in [1.29, 1.82) is 0 Å². The van der Waals surface area contributed by atoms with Crippen LogP contribution in [0.15, 0.2) is 18.2 Å². The lowest BCUT2D eigenvalue weighted by Gasteiger charge is -2.34. The quantitative estimate of drug-likeness (QED) is 0.887. The number of aryl methyl sites for hydroxylation is 2. The minimum absolute atomic E-state index is 0.377. The Morgan fingerprint density at radius 2 is 1.95 bits per heavy atom. The summed E-state index contributed by atoms with van der Waals surface area (Å²) in [6, 6.07) is 7.61. The van der Waals surface area contributed by atoms with Gasteiger partial charge in [-0.1, -0.05) is 36.6 Å². The third-order valence-corrected chi connectivity index (χ3v) is 4.36. The van der Waals surface area contributed by atoms with Crippen molar-refractivity contribution < 1.29 is 4.74 Å². The van der Waals surface area contributed by atoms with Crippen LogP contribution < -0.4 is 5.32 Å². The summed E-state index contributed by atoms with van der Waals surface area (Å²) in [5, 5.41) is 3.77. The van der Waals surface area contributed by atoms with Crippen LogP contribution >= 0.6 is 0 Å². The fourth-order valence-corrected chi connectivity index (χ4v) is 3.29. The lowest BCUT2D eigenvalue weighted by Crippen LogP contribution is -2.44. The van der Waals surface area contributed by atoms with Gasteiger partial charge in [-0.05, 0) is 44.7 Å². The van der Waals surface area contributed by atoms with E-state index >= 15 is 0 Å². The molecule has 0 amide bonds. The topological polar surface area (TPSA) is 21.3 Å². The molecule has 0 aliphatic heterocycles. The van der Waals surface area contributed by atoms with Crippen LogP contribution in [0.1, 0.15) is 55.3 Å². The summed E-state index contributed by atoms with van der Waals surface area (Å²) in [5.41, 5.74) is 4.12. The molecule has 1 aromatic rings. The lowest BCUT2D eigenvalue weighted by atomic mass is 9.90. The van der Waals surface area contributed by atoms with Crippen LogP contribution in [-0.4, -0.2) is 19.3 Å². The molecule has 0 aromatic heterocycles. The van der Waals surface area contributed by atoms with E-state index in [1.807, 2.05) is 7.11 Å². The number of hydrogen-bond donors (Lipinski definition) is 1. The highest BCUT2D eigenvalue weighted by Crippen LogP contribution is 2.25. The number of ether oxygens (including phenoxy) is 1. The van der Waals surface area contributed by atoms with Crippen molar-refractivity contribution >= 4 is 0 Å². The van der Waals surface area contributed by atoms with Gasteiger partial charge in [0, 0.05) is 19.2 Å². The molecule has 1 aromatic carbocycles. The second-order valence-electron chi connectivity index (χ2n) is 5.91. The molecule has 106 valence electrons. The van der Waals surface area contributed by atoms with Gasteiger partial charge in [0.1, 0.15) is 0 Å². The molecule has 0 heterocycles. The summed E-state index contributed by atoms with van der Waals surface area (Å²) in [5.74, 6) is 0. The first-order valence-corrected chi connectivity index (χ1v) is 7.48. The molecule has 19 heavy (non-hydrogen) atoms. The molecular weight excluding hydrogens is 234 g/mol. The largest absolute Gasteiger partial charge is 0.380 e. The zero-order chi connectivity index (χ0) is 13.8. The molecule has 0 saturated heterocycles. The van der Waals surface area contributed by atoms with Crippen LogP contribution in [-0.2, 0) is 4.74 Å². The van der Waals surface area contributed by atoms with Crippen LogP contribution in [0.4, 0.5) is 0 Å². The molecule has 2 nitrogen and oxygen atoms in total. The minimum Gasteiger partial charge on any atom is -0.380 e. The fraction of sp³-hybridized carbons (Fsp3) is 0.647. The highest BCUT2D eigenvalue weighted by molar-refractivity contribution is 5.32. The normalized spacial score (nSPS) is 25.3. The molecule has 2 heteroatoms. The molecule has 3 unspecified atom stereocenters. The number of methoxy groups -OCH3 is 1. The number of nitrogens with one attached hydrogen (secondary N) is 1. The van der Waals surface area contributed by atoms with Crippen LogP contribution in [0.3, 0.4) is 0 Å². The van der Waals surface area contributed by atoms with Gasteiger partial charge in [-0.25, -0.2) is 0 Å². The van der Waals surface area contributed by atoms with E-state index in [2.05, 4.69) is 44.3 Å². The molecule has 1 N–H and O–H groups in total. The van der Waals surface area contributed by atoms with Gasteiger partial charge in [-0.3, -0.25) is 0 Å². The molecular formula is C17H27NO. The highest BCUT2D eigenvalue weighted by atomic mass is 16.5. The first-order chi connectivity index (χ1) is 9.11. The third kappa shape index (κ3) is 3.58. The number of benzene rings is 1. The van der Waals surface area contributed by atoms with Crippen molar-refractivity contribution in [2.24, 2.45) is 0 Å². The van der Waals surface area contributed by atoms with E-state index in [1.54, 1.807) is 0 Å². The molecule has 0 spiro atoms. The van der Waals surface area contributed by atoms with Gasteiger partial charge in [0.25, 0.3) is 0 Å². The van der Waals surface area contributed by atoms with Gasteiger partial charge in [-0.2, -0.15) is 0 Å². The van der Waals surface area contributed by atoms with Crippen molar-refractivity contribution in [3.05, 3.63) is 34.9 Å². The van der Waals surface area contributed by atoms with E-state index in [4.69, 9.17) is 4.74 Å². The molecule has 1 aliphatic carbocycles. The fourth-order valence-electron chi connectivity index (χ4n) is 3.29. The monoisotopic (exact) mass is 261 g/mol. The van der Waals surface area contributed by atoms with E-state index in [-0.39, 0.29) is 0 Å². The van der Waals surface area contributed by atoms with Gasteiger partial charge in [-0.15, -0.1) is 0 Å². The molecule has 0 radical (unpaired) electrons. The Labute approximate surface area is 117 Å². The average Bonchev–Trinajstić information content (AvgIpc) is 2.39. The summed E-state index contributed by atoms with van der Waals surface area (Å²) in [6.45, 7) is 6.62. The second kappa shape index (κ2) is 6.53. The van der Waals surface area contributed by atoms with E-state index in [9.17, 15) is 0 Å². The van der Waals surface area contributed by atoms with E-state index in [1.165, 1.54) is 42.4 Å². The number of rotatable bonds is 4. The van der Waals surface area contributed by atoms with Crippen LogP contribution in [0.25, 0.3) is 0 Å². The van der Waals surface area contributed by atoms with E-state index < -0.39 is 0 Å². The van der Waals surface area contributed by atoms with Gasteiger partial charge in [0.15, 0.2) is 0 Å². The number of hydrogen-bond acceptors (Lipinski definition) is 2. The Bertz CT molecular complexity index is 416. The molecule has 0 bridgehead atoms.